The van der Waals surface area contributed by atoms with Gasteiger partial charge in [0, 0.05) is 16.0 Å². The number of anilines is 1. The lowest BCUT2D eigenvalue weighted by molar-refractivity contribution is -0.390. The molecule has 3 aromatic rings. The summed E-state index contributed by atoms with van der Waals surface area (Å²) in [6.07, 6.45) is 0. The van der Waals surface area contributed by atoms with Crippen LogP contribution in [-0.2, 0) is 0 Å². The first-order valence-corrected chi connectivity index (χ1v) is 7.12. The van der Waals surface area contributed by atoms with Gasteiger partial charge in [0.25, 0.3) is 0 Å². The van der Waals surface area contributed by atoms with E-state index in [-0.39, 0.29) is 4.90 Å². The minimum Gasteiger partial charge on any atom is -0.418 e. The molecule has 0 unspecified atom stereocenters. The number of benzene rings is 2. The van der Waals surface area contributed by atoms with E-state index in [0.29, 0.717) is 21.6 Å². The summed E-state index contributed by atoms with van der Waals surface area (Å²) in [6, 6.07) is 13.7. The molecule has 0 aliphatic rings. The van der Waals surface area contributed by atoms with Gasteiger partial charge >= 0.3 is 11.3 Å². The highest BCUT2D eigenvalue weighted by atomic mass is 32.2. The molecule has 0 radical (unpaired) electrons. The zero-order chi connectivity index (χ0) is 15.7. The molecule has 2 aromatic carbocycles. The molecule has 2 N–H and O–H groups in total. The van der Waals surface area contributed by atoms with Crippen LogP contribution in [0.25, 0.3) is 11.0 Å². The van der Waals surface area contributed by atoms with Crippen LogP contribution in [0, 0.1) is 10.1 Å². The maximum absolute atomic E-state index is 11.9. The predicted octanol–water partition coefficient (Wildman–Crippen LogP) is 3.43. The molecule has 7 heteroatoms. The number of para-hydroxylation sites is 2. The van der Waals surface area contributed by atoms with Crippen molar-refractivity contribution in [2.24, 2.45) is 0 Å². The van der Waals surface area contributed by atoms with Crippen molar-refractivity contribution in [3.05, 3.63) is 69.1 Å². The molecule has 0 spiro atoms. The van der Waals surface area contributed by atoms with E-state index >= 15 is 0 Å². The van der Waals surface area contributed by atoms with Gasteiger partial charge in [-0.3, -0.25) is 10.1 Å². The van der Waals surface area contributed by atoms with Crippen molar-refractivity contribution < 1.29 is 9.34 Å². The Morgan fingerprint density at radius 2 is 1.77 bits per heavy atom. The van der Waals surface area contributed by atoms with Crippen molar-refractivity contribution in [3.63, 3.8) is 0 Å². The van der Waals surface area contributed by atoms with Crippen molar-refractivity contribution in [1.29, 1.82) is 0 Å². The Balaban J connectivity index is 2.30. The number of nitrogens with two attached hydrogens (primary N) is 1. The summed E-state index contributed by atoms with van der Waals surface area (Å²) < 4.78 is 5.02. The Kier molecular flexibility index (Phi) is 3.56. The molecule has 0 saturated carbocycles. The topological polar surface area (TPSA) is 99.4 Å². The van der Waals surface area contributed by atoms with E-state index in [9.17, 15) is 14.9 Å². The first kappa shape index (κ1) is 14.2. The van der Waals surface area contributed by atoms with Crippen LogP contribution in [0.3, 0.4) is 0 Å². The molecule has 0 atom stereocenters. The molecule has 6 nitrogen and oxygen atoms in total. The summed E-state index contributed by atoms with van der Waals surface area (Å²) in [5.41, 5.74) is 5.12. The second-order valence-electron chi connectivity index (χ2n) is 4.46. The number of hydrogen-bond acceptors (Lipinski definition) is 6. The second kappa shape index (κ2) is 5.53. The highest BCUT2D eigenvalue weighted by molar-refractivity contribution is 7.99. The summed E-state index contributed by atoms with van der Waals surface area (Å²) in [5.74, 6) is 0. The minimum atomic E-state index is -0.972. The zero-order valence-electron chi connectivity index (χ0n) is 11.2. The van der Waals surface area contributed by atoms with Gasteiger partial charge in [0.2, 0.25) is 0 Å². The van der Waals surface area contributed by atoms with Gasteiger partial charge < -0.3 is 10.2 Å². The summed E-state index contributed by atoms with van der Waals surface area (Å²) >= 11 is 1.09. The molecule has 0 saturated heterocycles. The van der Waals surface area contributed by atoms with E-state index in [1.165, 1.54) is 0 Å². The first-order chi connectivity index (χ1) is 10.6. The number of hydrogen-bond donors (Lipinski definition) is 1. The lowest BCUT2D eigenvalue weighted by atomic mass is 10.2. The Hall–Kier alpha value is -2.80. The highest BCUT2D eigenvalue weighted by Gasteiger charge is 2.25. The Labute approximate surface area is 128 Å². The lowest BCUT2D eigenvalue weighted by Gasteiger charge is -2.07. The van der Waals surface area contributed by atoms with Gasteiger partial charge in [0.1, 0.15) is 10.5 Å². The molecule has 22 heavy (non-hydrogen) atoms. The Morgan fingerprint density at radius 1 is 1.09 bits per heavy atom. The van der Waals surface area contributed by atoms with Crippen LogP contribution < -0.4 is 11.4 Å². The monoisotopic (exact) mass is 314 g/mol. The maximum Gasteiger partial charge on any atom is 0.416 e. The largest absolute Gasteiger partial charge is 0.418 e. The zero-order valence-corrected chi connectivity index (χ0v) is 12.0. The SMILES string of the molecule is Nc1ccccc1Sc1c([N+](=O)[O-])c(=O)oc2ccccc12. The van der Waals surface area contributed by atoms with E-state index in [4.69, 9.17) is 10.2 Å². The van der Waals surface area contributed by atoms with Gasteiger partial charge in [-0.25, -0.2) is 4.79 Å². The summed E-state index contributed by atoms with van der Waals surface area (Å²) in [7, 11) is 0. The molecule has 110 valence electrons. The molecule has 1 aromatic heterocycles. The van der Waals surface area contributed by atoms with E-state index in [2.05, 4.69) is 0 Å². The molecular weight excluding hydrogens is 304 g/mol. The van der Waals surface area contributed by atoms with Gasteiger partial charge in [-0.05, 0) is 24.3 Å². The highest BCUT2D eigenvalue weighted by Crippen LogP contribution is 2.40. The predicted molar refractivity (Wildman–Crippen MR) is 84.1 cm³/mol. The molecule has 3 rings (SSSR count). The van der Waals surface area contributed by atoms with E-state index in [1.807, 2.05) is 0 Å². The van der Waals surface area contributed by atoms with Crippen LogP contribution in [0.5, 0.6) is 0 Å². The number of fused-ring (bicyclic) bond motifs is 1. The smallest absolute Gasteiger partial charge is 0.416 e. The molecule has 0 bridgehead atoms. The van der Waals surface area contributed by atoms with Gasteiger partial charge in [0.15, 0.2) is 0 Å². The number of rotatable bonds is 3. The van der Waals surface area contributed by atoms with Gasteiger partial charge in [-0.15, -0.1) is 0 Å². The first-order valence-electron chi connectivity index (χ1n) is 6.30. The van der Waals surface area contributed by atoms with E-state index in [0.717, 1.165) is 11.8 Å². The van der Waals surface area contributed by atoms with Crippen LogP contribution >= 0.6 is 11.8 Å². The third-order valence-corrected chi connectivity index (χ3v) is 4.27. The fourth-order valence-electron chi connectivity index (χ4n) is 2.06. The van der Waals surface area contributed by atoms with Gasteiger partial charge in [-0.2, -0.15) is 0 Å². The number of nitrogen functional groups attached to an aromatic ring is 1. The van der Waals surface area contributed by atoms with Crippen LogP contribution in [0.4, 0.5) is 11.4 Å². The molecule has 0 fully saturated rings. The molecule has 0 amide bonds. The van der Waals surface area contributed by atoms with Gasteiger partial charge in [0.05, 0.1) is 4.92 Å². The summed E-state index contributed by atoms with van der Waals surface area (Å²) in [5, 5.41) is 11.8. The van der Waals surface area contributed by atoms with Crippen molar-refractivity contribution >= 4 is 34.1 Å². The molecule has 1 heterocycles. The number of nitrogens with zero attached hydrogens (tertiary/aromatic N) is 1. The van der Waals surface area contributed by atoms with Crippen LogP contribution in [0.1, 0.15) is 0 Å². The van der Waals surface area contributed by atoms with Gasteiger partial charge in [-0.1, -0.05) is 36.0 Å². The molecule has 0 aliphatic heterocycles. The Bertz CT molecular complexity index is 936. The molecular formula is C15H10N2O4S. The lowest BCUT2D eigenvalue weighted by Crippen LogP contribution is -2.08. The van der Waals surface area contributed by atoms with Crippen LogP contribution in [0.15, 0.2) is 67.5 Å². The van der Waals surface area contributed by atoms with Crippen LogP contribution in [-0.4, -0.2) is 4.92 Å². The average molecular weight is 314 g/mol. The fourth-order valence-corrected chi connectivity index (χ4v) is 3.14. The normalized spacial score (nSPS) is 10.7. The van der Waals surface area contributed by atoms with Crippen molar-refractivity contribution in [1.82, 2.24) is 0 Å². The van der Waals surface area contributed by atoms with Crippen molar-refractivity contribution in [2.45, 2.75) is 9.79 Å². The standard InChI is InChI=1S/C15H10N2O4S/c16-10-6-2-4-8-12(10)22-14-9-5-1-3-7-11(9)21-15(18)13(14)17(19)20/h1-8H,16H2. The third-order valence-electron chi connectivity index (χ3n) is 3.06. The summed E-state index contributed by atoms with van der Waals surface area (Å²) in [6.45, 7) is 0. The maximum atomic E-state index is 11.9. The molecule has 0 aliphatic carbocycles. The summed E-state index contributed by atoms with van der Waals surface area (Å²) in [4.78, 5) is 23.3. The van der Waals surface area contributed by atoms with Crippen molar-refractivity contribution in [3.8, 4) is 0 Å². The minimum absolute atomic E-state index is 0.231. The average Bonchev–Trinajstić information content (AvgIpc) is 2.49. The van der Waals surface area contributed by atoms with Crippen LogP contribution in [0.2, 0.25) is 0 Å². The van der Waals surface area contributed by atoms with Crippen molar-refractivity contribution in [2.75, 3.05) is 5.73 Å². The fraction of sp³-hybridized carbons (Fsp3) is 0. The third kappa shape index (κ3) is 2.42. The van der Waals surface area contributed by atoms with E-state index < -0.39 is 16.2 Å². The quantitative estimate of drug-likeness (QED) is 0.344. The Morgan fingerprint density at radius 3 is 2.50 bits per heavy atom. The van der Waals surface area contributed by atoms with E-state index in [1.54, 1.807) is 48.5 Å². The second-order valence-corrected chi connectivity index (χ2v) is 5.51. The number of nitro groups is 1.